The van der Waals surface area contributed by atoms with E-state index in [2.05, 4.69) is 43.3 Å². The van der Waals surface area contributed by atoms with Crippen molar-refractivity contribution in [1.82, 2.24) is 15.5 Å². The Morgan fingerprint density at radius 2 is 1.91 bits per heavy atom. The van der Waals surface area contributed by atoms with Crippen molar-refractivity contribution in [2.75, 3.05) is 40.8 Å². The minimum atomic E-state index is -0.0179. The van der Waals surface area contributed by atoms with Gasteiger partial charge in [-0.1, -0.05) is 34.1 Å². The average Bonchev–Trinajstić information content (AvgIpc) is 2.42. The molecule has 130 valence electrons. The Kier molecular flexibility index (Phi) is 9.81. The monoisotopic (exact) mass is 314 g/mol. The Morgan fingerprint density at radius 1 is 1.27 bits per heavy atom. The Hall–Kier alpha value is -1.30. The summed E-state index contributed by atoms with van der Waals surface area (Å²) < 4.78 is 5.53. The molecule has 1 amide bonds. The summed E-state index contributed by atoms with van der Waals surface area (Å²) in [7, 11) is 5.18. The lowest BCUT2D eigenvalue weighted by atomic mass is 9.89. The predicted molar refractivity (Wildman–Crippen MR) is 92.2 cm³/mol. The van der Waals surface area contributed by atoms with E-state index in [1.807, 2.05) is 0 Å². The molecule has 6 heteroatoms. The smallest absolute Gasteiger partial charge is 0.243 e. The third-order valence-electron chi connectivity index (χ3n) is 3.40. The summed E-state index contributed by atoms with van der Waals surface area (Å²) in [5, 5.41) is 6.53. The number of amides is 1. The van der Waals surface area contributed by atoms with Crippen LogP contribution in [0.25, 0.3) is 0 Å². The van der Waals surface area contributed by atoms with E-state index >= 15 is 0 Å². The fourth-order valence-electron chi connectivity index (χ4n) is 1.78. The molecule has 22 heavy (non-hydrogen) atoms. The lowest BCUT2D eigenvalue weighted by Gasteiger charge is -2.30. The summed E-state index contributed by atoms with van der Waals surface area (Å²) in [6, 6.07) is 0. The molecular formula is C16H34N4O2. The van der Waals surface area contributed by atoms with Crippen molar-refractivity contribution in [3.05, 3.63) is 0 Å². The lowest BCUT2D eigenvalue weighted by molar-refractivity contribution is -0.127. The van der Waals surface area contributed by atoms with Crippen molar-refractivity contribution >= 4 is 11.9 Å². The first kappa shape index (κ1) is 20.7. The molecular weight excluding hydrogens is 280 g/mol. The molecule has 0 aliphatic heterocycles. The lowest BCUT2D eigenvalue weighted by Crippen LogP contribution is -2.46. The minimum Gasteiger partial charge on any atom is -0.379 e. The van der Waals surface area contributed by atoms with E-state index in [9.17, 15) is 4.79 Å². The second-order valence-corrected chi connectivity index (χ2v) is 6.70. The van der Waals surface area contributed by atoms with E-state index in [1.54, 1.807) is 26.1 Å². The number of ether oxygens (including phenoxy) is 1. The van der Waals surface area contributed by atoms with Crippen molar-refractivity contribution in [3.8, 4) is 0 Å². The number of guanidine groups is 1. The molecule has 0 aromatic heterocycles. The molecule has 0 spiro atoms. The van der Waals surface area contributed by atoms with Gasteiger partial charge in [0.1, 0.15) is 6.54 Å². The number of methoxy groups -OCH3 is 1. The molecule has 0 fully saturated rings. The zero-order valence-corrected chi connectivity index (χ0v) is 15.3. The van der Waals surface area contributed by atoms with Crippen LogP contribution < -0.4 is 10.6 Å². The Labute approximate surface area is 135 Å². The van der Waals surface area contributed by atoms with Crippen molar-refractivity contribution < 1.29 is 9.53 Å². The molecule has 0 saturated heterocycles. The molecule has 0 bridgehead atoms. The number of rotatable bonds is 8. The Morgan fingerprint density at radius 3 is 2.36 bits per heavy atom. The summed E-state index contributed by atoms with van der Waals surface area (Å²) in [6.07, 6.45) is 2.24. The van der Waals surface area contributed by atoms with Gasteiger partial charge in [-0.25, -0.2) is 4.99 Å². The highest BCUT2D eigenvalue weighted by molar-refractivity contribution is 5.84. The molecule has 0 aliphatic rings. The van der Waals surface area contributed by atoms with Gasteiger partial charge in [-0.05, 0) is 11.8 Å². The first-order chi connectivity index (χ1) is 10.2. The quantitative estimate of drug-likeness (QED) is 0.404. The van der Waals surface area contributed by atoms with Gasteiger partial charge in [-0.3, -0.25) is 4.79 Å². The fraction of sp³-hybridized carbons (Fsp3) is 0.875. The van der Waals surface area contributed by atoms with Crippen LogP contribution in [-0.2, 0) is 9.53 Å². The van der Waals surface area contributed by atoms with Gasteiger partial charge >= 0.3 is 0 Å². The Bertz CT molecular complexity index is 349. The third-order valence-corrected chi connectivity index (χ3v) is 3.40. The number of nitrogens with zero attached hydrogens (tertiary/aromatic N) is 2. The zero-order chi connectivity index (χ0) is 17.2. The number of hydrogen-bond donors (Lipinski definition) is 2. The molecule has 2 N–H and O–H groups in total. The summed E-state index contributed by atoms with van der Waals surface area (Å²) >= 11 is 0. The largest absolute Gasteiger partial charge is 0.379 e. The third kappa shape index (κ3) is 8.87. The van der Waals surface area contributed by atoms with E-state index < -0.39 is 0 Å². The maximum absolute atomic E-state index is 11.7. The topological polar surface area (TPSA) is 66.0 Å². The van der Waals surface area contributed by atoms with Crippen molar-refractivity contribution in [3.63, 3.8) is 0 Å². The van der Waals surface area contributed by atoms with Gasteiger partial charge in [0, 0.05) is 34.3 Å². The highest BCUT2D eigenvalue weighted by Gasteiger charge is 2.24. The van der Waals surface area contributed by atoms with Crippen molar-refractivity contribution in [1.29, 1.82) is 0 Å². The molecule has 0 aliphatic carbocycles. The van der Waals surface area contributed by atoms with Gasteiger partial charge in [0.25, 0.3) is 0 Å². The number of hydrogen-bond acceptors (Lipinski definition) is 3. The molecule has 0 aromatic rings. The normalized spacial score (nSPS) is 13.7. The molecule has 0 radical (unpaired) electrons. The van der Waals surface area contributed by atoms with Crippen LogP contribution in [0, 0.1) is 5.41 Å². The van der Waals surface area contributed by atoms with Crippen LogP contribution in [0.1, 0.15) is 40.5 Å². The summed E-state index contributed by atoms with van der Waals surface area (Å²) in [5.41, 5.74) is 0.0374. The van der Waals surface area contributed by atoms with E-state index in [1.165, 1.54) is 0 Å². The van der Waals surface area contributed by atoms with Crippen molar-refractivity contribution in [2.24, 2.45) is 10.4 Å². The van der Waals surface area contributed by atoms with E-state index in [0.29, 0.717) is 12.5 Å². The van der Waals surface area contributed by atoms with Crippen LogP contribution in [-0.4, -0.2) is 63.7 Å². The van der Waals surface area contributed by atoms with Crippen LogP contribution in [0.5, 0.6) is 0 Å². The second kappa shape index (κ2) is 10.4. The molecule has 6 nitrogen and oxygen atoms in total. The molecule has 0 heterocycles. The second-order valence-electron chi connectivity index (χ2n) is 6.70. The van der Waals surface area contributed by atoms with Gasteiger partial charge in [0.2, 0.25) is 5.91 Å². The SMILES string of the molecule is CCCCNC(=NCC(=O)N(C)C)NCC(OC)C(C)(C)C. The standard InChI is InChI=1S/C16H34N4O2/c1-8-9-10-17-15(19-12-14(21)20(5)6)18-11-13(22-7)16(2,3)4/h13H,8-12H2,1-7H3,(H2,17,18,19). The van der Waals surface area contributed by atoms with E-state index in [4.69, 9.17) is 4.74 Å². The molecule has 1 atom stereocenters. The van der Waals surface area contributed by atoms with E-state index in [0.717, 1.165) is 19.4 Å². The fourth-order valence-corrected chi connectivity index (χ4v) is 1.78. The summed E-state index contributed by atoms with van der Waals surface area (Å²) in [4.78, 5) is 17.6. The predicted octanol–water partition coefficient (Wildman–Crippen LogP) is 1.47. The number of unbranched alkanes of at least 4 members (excludes halogenated alkanes) is 1. The Balaban J connectivity index is 4.64. The molecule has 0 saturated carbocycles. The van der Waals surface area contributed by atoms with Crippen LogP contribution in [0.4, 0.5) is 0 Å². The number of carbonyl (C=O) groups excluding carboxylic acids is 1. The van der Waals surface area contributed by atoms with Gasteiger partial charge in [0.15, 0.2) is 5.96 Å². The number of nitrogens with one attached hydrogen (secondary N) is 2. The highest BCUT2D eigenvalue weighted by atomic mass is 16.5. The first-order valence-electron chi connectivity index (χ1n) is 7.97. The summed E-state index contributed by atoms with van der Waals surface area (Å²) in [6.45, 7) is 10.2. The first-order valence-corrected chi connectivity index (χ1v) is 7.97. The van der Waals surface area contributed by atoms with Crippen molar-refractivity contribution in [2.45, 2.75) is 46.6 Å². The minimum absolute atomic E-state index is 0.0179. The molecule has 0 aromatic carbocycles. The van der Waals surface area contributed by atoms with Crippen LogP contribution >= 0.6 is 0 Å². The van der Waals surface area contributed by atoms with Gasteiger partial charge in [-0.15, -0.1) is 0 Å². The maximum atomic E-state index is 11.7. The van der Waals surface area contributed by atoms with Crippen LogP contribution in [0.3, 0.4) is 0 Å². The van der Waals surface area contributed by atoms with E-state index in [-0.39, 0.29) is 24.0 Å². The van der Waals surface area contributed by atoms with Gasteiger partial charge in [0.05, 0.1) is 6.10 Å². The molecule has 0 rings (SSSR count). The van der Waals surface area contributed by atoms with Gasteiger partial charge in [-0.2, -0.15) is 0 Å². The summed E-state index contributed by atoms with van der Waals surface area (Å²) in [5.74, 6) is 0.644. The van der Waals surface area contributed by atoms with Crippen LogP contribution in [0.15, 0.2) is 4.99 Å². The van der Waals surface area contributed by atoms with Crippen LogP contribution in [0.2, 0.25) is 0 Å². The number of aliphatic imine (C=N–C) groups is 1. The number of carbonyl (C=O) groups is 1. The number of likely N-dealkylation sites (N-methyl/N-ethyl adjacent to an activating group) is 1. The average molecular weight is 314 g/mol. The maximum Gasteiger partial charge on any atom is 0.243 e. The highest BCUT2D eigenvalue weighted by Crippen LogP contribution is 2.20. The zero-order valence-electron chi connectivity index (χ0n) is 15.3. The van der Waals surface area contributed by atoms with Gasteiger partial charge < -0.3 is 20.3 Å². The molecule has 1 unspecified atom stereocenters.